The van der Waals surface area contributed by atoms with Crippen molar-refractivity contribution in [3.05, 3.63) is 59.9 Å². The van der Waals surface area contributed by atoms with Crippen LogP contribution in [0, 0.1) is 0 Å². The van der Waals surface area contributed by atoms with Crippen molar-refractivity contribution in [2.75, 3.05) is 5.73 Å². The summed E-state index contributed by atoms with van der Waals surface area (Å²) in [6.07, 6.45) is 1.69. The summed E-state index contributed by atoms with van der Waals surface area (Å²) in [7, 11) is 0. The van der Waals surface area contributed by atoms with Gasteiger partial charge in [-0.2, -0.15) is 0 Å². The molecule has 4 heteroatoms. The molecule has 17 heavy (non-hydrogen) atoms. The molecule has 0 radical (unpaired) electrons. The molecule has 1 amide bonds. The Morgan fingerprint density at radius 1 is 1.18 bits per heavy atom. The van der Waals surface area contributed by atoms with E-state index in [0.717, 1.165) is 5.69 Å². The monoisotopic (exact) mass is 227 g/mol. The normalized spacial score (nSPS) is 9.88. The highest BCUT2D eigenvalue weighted by molar-refractivity contribution is 5.98. The summed E-state index contributed by atoms with van der Waals surface area (Å²) in [4.78, 5) is 15.9. The lowest BCUT2D eigenvalue weighted by Gasteiger charge is -2.06. The van der Waals surface area contributed by atoms with Gasteiger partial charge in [0.15, 0.2) is 0 Å². The molecule has 0 saturated carbocycles. The first-order valence-electron chi connectivity index (χ1n) is 5.30. The van der Waals surface area contributed by atoms with Crippen molar-refractivity contribution >= 4 is 11.6 Å². The summed E-state index contributed by atoms with van der Waals surface area (Å²) in [6.45, 7) is 0.397. The zero-order valence-electron chi connectivity index (χ0n) is 9.26. The van der Waals surface area contributed by atoms with Crippen LogP contribution in [0.25, 0.3) is 0 Å². The Kier molecular flexibility index (Phi) is 3.35. The quantitative estimate of drug-likeness (QED) is 0.782. The highest BCUT2D eigenvalue weighted by Gasteiger charge is 2.07. The van der Waals surface area contributed by atoms with Crippen LogP contribution in [0.2, 0.25) is 0 Å². The number of aromatic nitrogens is 1. The summed E-state index contributed by atoms with van der Waals surface area (Å²) in [5, 5.41) is 2.77. The first kappa shape index (κ1) is 11.1. The van der Waals surface area contributed by atoms with Gasteiger partial charge in [-0.15, -0.1) is 0 Å². The van der Waals surface area contributed by atoms with Crippen LogP contribution in [-0.2, 0) is 6.54 Å². The van der Waals surface area contributed by atoms with Crippen LogP contribution in [0.1, 0.15) is 16.1 Å². The van der Waals surface area contributed by atoms with Crippen molar-refractivity contribution in [1.82, 2.24) is 10.3 Å². The Bertz CT molecular complexity index is 511. The molecule has 0 fully saturated rings. The fourth-order valence-electron chi connectivity index (χ4n) is 1.47. The van der Waals surface area contributed by atoms with E-state index in [2.05, 4.69) is 10.3 Å². The summed E-state index contributed by atoms with van der Waals surface area (Å²) in [5.41, 5.74) is 7.50. The molecule has 1 heterocycles. The van der Waals surface area contributed by atoms with Crippen molar-refractivity contribution in [3.63, 3.8) is 0 Å². The molecule has 0 saturated heterocycles. The minimum Gasteiger partial charge on any atom is -0.398 e. The fourth-order valence-corrected chi connectivity index (χ4v) is 1.47. The maximum atomic E-state index is 11.8. The highest BCUT2D eigenvalue weighted by Crippen LogP contribution is 2.10. The number of nitrogens with one attached hydrogen (secondary N) is 1. The van der Waals surface area contributed by atoms with Crippen molar-refractivity contribution in [1.29, 1.82) is 0 Å². The van der Waals surface area contributed by atoms with Crippen LogP contribution in [0.3, 0.4) is 0 Å². The van der Waals surface area contributed by atoms with Crippen molar-refractivity contribution in [2.24, 2.45) is 0 Å². The molecule has 0 atom stereocenters. The summed E-state index contributed by atoms with van der Waals surface area (Å²) < 4.78 is 0. The zero-order chi connectivity index (χ0) is 12.1. The van der Waals surface area contributed by atoms with Gasteiger partial charge in [-0.3, -0.25) is 9.78 Å². The number of nitrogen functional groups attached to an aromatic ring is 1. The number of nitrogens with zero attached hydrogens (tertiary/aromatic N) is 1. The lowest BCUT2D eigenvalue weighted by atomic mass is 10.1. The second kappa shape index (κ2) is 5.12. The Balaban J connectivity index is 2.01. The molecule has 0 aliphatic heterocycles. The Morgan fingerprint density at radius 2 is 1.94 bits per heavy atom. The molecule has 2 aromatic rings. The van der Waals surface area contributed by atoms with Gasteiger partial charge < -0.3 is 11.1 Å². The largest absolute Gasteiger partial charge is 0.398 e. The van der Waals surface area contributed by atoms with Crippen molar-refractivity contribution in [3.8, 4) is 0 Å². The number of carbonyl (C=O) groups excluding carboxylic acids is 1. The van der Waals surface area contributed by atoms with E-state index < -0.39 is 0 Å². The Morgan fingerprint density at radius 3 is 2.65 bits per heavy atom. The molecule has 0 spiro atoms. The van der Waals surface area contributed by atoms with Crippen LogP contribution in [0.15, 0.2) is 48.7 Å². The molecular formula is C13H13N3O. The van der Waals surface area contributed by atoms with Gasteiger partial charge >= 0.3 is 0 Å². The van der Waals surface area contributed by atoms with Crippen LogP contribution in [-0.4, -0.2) is 10.9 Å². The van der Waals surface area contributed by atoms with E-state index >= 15 is 0 Å². The van der Waals surface area contributed by atoms with Crippen LogP contribution in [0.4, 0.5) is 5.69 Å². The molecule has 4 nitrogen and oxygen atoms in total. The standard InChI is InChI=1S/C13H13N3O/c14-12-7-2-1-6-11(12)13(17)16-9-10-5-3-4-8-15-10/h1-8H,9,14H2,(H,16,17). The van der Waals surface area contributed by atoms with Gasteiger partial charge in [0.05, 0.1) is 17.8 Å². The Hall–Kier alpha value is -2.36. The van der Waals surface area contributed by atoms with Gasteiger partial charge in [0.25, 0.3) is 5.91 Å². The number of carbonyl (C=O) groups is 1. The lowest BCUT2D eigenvalue weighted by Crippen LogP contribution is -2.24. The van der Waals surface area contributed by atoms with E-state index in [1.54, 1.807) is 30.5 Å². The molecule has 1 aromatic heterocycles. The van der Waals surface area contributed by atoms with Gasteiger partial charge in [-0.1, -0.05) is 18.2 Å². The lowest BCUT2D eigenvalue weighted by molar-refractivity contribution is 0.0951. The predicted octanol–water partition coefficient (Wildman–Crippen LogP) is 1.59. The molecule has 0 aliphatic carbocycles. The van der Waals surface area contributed by atoms with E-state index in [0.29, 0.717) is 17.8 Å². The maximum absolute atomic E-state index is 11.8. The van der Waals surface area contributed by atoms with Gasteiger partial charge in [0, 0.05) is 11.9 Å². The second-order valence-corrected chi connectivity index (χ2v) is 3.59. The molecule has 0 unspecified atom stereocenters. The SMILES string of the molecule is Nc1ccccc1C(=O)NCc1ccccn1. The number of hydrogen-bond acceptors (Lipinski definition) is 3. The number of para-hydroxylation sites is 1. The van der Waals surface area contributed by atoms with Crippen LogP contribution >= 0.6 is 0 Å². The first-order valence-corrected chi connectivity index (χ1v) is 5.30. The average Bonchev–Trinajstić information content (AvgIpc) is 2.38. The number of pyridine rings is 1. The number of hydrogen-bond donors (Lipinski definition) is 2. The van der Waals surface area contributed by atoms with Gasteiger partial charge in [-0.05, 0) is 24.3 Å². The summed E-state index contributed by atoms with van der Waals surface area (Å²) in [6, 6.07) is 12.6. The van der Waals surface area contributed by atoms with E-state index in [1.165, 1.54) is 0 Å². The van der Waals surface area contributed by atoms with Crippen LogP contribution in [0.5, 0.6) is 0 Å². The first-order chi connectivity index (χ1) is 8.27. The third kappa shape index (κ3) is 2.81. The molecule has 1 aromatic carbocycles. The zero-order valence-corrected chi connectivity index (χ0v) is 9.26. The highest BCUT2D eigenvalue weighted by atomic mass is 16.1. The maximum Gasteiger partial charge on any atom is 0.253 e. The van der Waals surface area contributed by atoms with Crippen LogP contribution < -0.4 is 11.1 Å². The molecule has 86 valence electrons. The molecular weight excluding hydrogens is 214 g/mol. The number of benzene rings is 1. The molecule has 0 aliphatic rings. The third-order valence-corrected chi connectivity index (χ3v) is 2.36. The van der Waals surface area contributed by atoms with Gasteiger partial charge in [-0.25, -0.2) is 0 Å². The van der Waals surface area contributed by atoms with Gasteiger partial charge in [0.2, 0.25) is 0 Å². The molecule has 2 rings (SSSR count). The Labute approximate surface area is 99.5 Å². The second-order valence-electron chi connectivity index (χ2n) is 3.59. The minimum atomic E-state index is -0.186. The fraction of sp³-hybridized carbons (Fsp3) is 0.0769. The predicted molar refractivity (Wildman–Crippen MR) is 66.3 cm³/mol. The van der Waals surface area contributed by atoms with Crippen molar-refractivity contribution < 1.29 is 4.79 Å². The number of nitrogens with two attached hydrogens (primary N) is 1. The van der Waals surface area contributed by atoms with E-state index in [9.17, 15) is 4.79 Å². The molecule has 3 N–H and O–H groups in total. The third-order valence-electron chi connectivity index (χ3n) is 2.36. The number of rotatable bonds is 3. The average molecular weight is 227 g/mol. The minimum absolute atomic E-state index is 0.186. The summed E-state index contributed by atoms with van der Waals surface area (Å²) in [5.74, 6) is -0.186. The van der Waals surface area contributed by atoms with Gasteiger partial charge in [0.1, 0.15) is 0 Å². The smallest absolute Gasteiger partial charge is 0.253 e. The molecule has 0 bridgehead atoms. The summed E-state index contributed by atoms with van der Waals surface area (Å²) >= 11 is 0. The topological polar surface area (TPSA) is 68.0 Å². The number of amides is 1. The van der Waals surface area contributed by atoms with E-state index in [4.69, 9.17) is 5.73 Å². The van der Waals surface area contributed by atoms with E-state index in [-0.39, 0.29) is 5.91 Å². The van der Waals surface area contributed by atoms with E-state index in [1.807, 2.05) is 18.2 Å². The van der Waals surface area contributed by atoms with Crippen molar-refractivity contribution in [2.45, 2.75) is 6.54 Å². The number of anilines is 1.